The van der Waals surface area contributed by atoms with Gasteiger partial charge in [-0.3, -0.25) is 10.1 Å². The van der Waals surface area contributed by atoms with Crippen LogP contribution in [-0.4, -0.2) is 16.5 Å². The Bertz CT molecular complexity index is 568. The molecular weight excluding hydrogens is 236 g/mol. The molecule has 0 spiro atoms. The fourth-order valence-electron chi connectivity index (χ4n) is 1.18. The van der Waals surface area contributed by atoms with Crippen LogP contribution in [0.25, 0.3) is 16.5 Å². The molecule has 0 unspecified atom stereocenters. The average Bonchev–Trinajstić information content (AvgIpc) is 2.38. The fourth-order valence-corrected chi connectivity index (χ4v) is 1.18. The first-order valence-corrected chi connectivity index (χ1v) is 4.91. The van der Waals surface area contributed by atoms with E-state index < -0.39 is 4.92 Å². The zero-order chi connectivity index (χ0) is 13.4. The molecule has 8 heteroatoms. The third-order valence-electron chi connectivity index (χ3n) is 1.96. The number of aromatic nitrogens is 1. The molecule has 0 aromatic carbocycles. The van der Waals surface area contributed by atoms with Crippen LogP contribution in [0.15, 0.2) is 23.5 Å². The molecule has 1 rings (SSSR count). The SMILES string of the molecule is N#Cc1ncc(C=CCCN=[N+]=[N-])cc1[N+](=O)[O-]. The van der Waals surface area contributed by atoms with Crippen molar-refractivity contribution in [3.05, 3.63) is 50.2 Å². The smallest absolute Gasteiger partial charge is 0.258 e. The Morgan fingerprint density at radius 1 is 1.72 bits per heavy atom. The predicted octanol–water partition coefficient (Wildman–Crippen LogP) is 2.58. The van der Waals surface area contributed by atoms with Crippen LogP contribution in [0.2, 0.25) is 0 Å². The highest BCUT2D eigenvalue weighted by Gasteiger charge is 2.14. The van der Waals surface area contributed by atoms with Crippen molar-refractivity contribution in [1.82, 2.24) is 4.98 Å². The van der Waals surface area contributed by atoms with E-state index in [1.54, 1.807) is 18.2 Å². The molecule has 0 amide bonds. The number of pyridine rings is 1. The molecule has 0 saturated heterocycles. The number of rotatable bonds is 5. The molecule has 0 N–H and O–H groups in total. The maximum absolute atomic E-state index is 10.7. The third-order valence-corrected chi connectivity index (χ3v) is 1.96. The van der Waals surface area contributed by atoms with Crippen LogP contribution in [-0.2, 0) is 0 Å². The number of nitrogens with zero attached hydrogens (tertiary/aromatic N) is 6. The lowest BCUT2D eigenvalue weighted by molar-refractivity contribution is -0.385. The maximum atomic E-state index is 10.7. The highest BCUT2D eigenvalue weighted by atomic mass is 16.6. The summed E-state index contributed by atoms with van der Waals surface area (Å²) in [5.74, 6) is 0. The lowest BCUT2D eigenvalue weighted by Gasteiger charge is -1.96. The van der Waals surface area contributed by atoms with Crippen molar-refractivity contribution in [2.24, 2.45) is 5.11 Å². The zero-order valence-corrected chi connectivity index (χ0v) is 9.22. The molecule has 0 bridgehead atoms. The first-order valence-electron chi connectivity index (χ1n) is 4.91. The summed E-state index contributed by atoms with van der Waals surface area (Å²) in [6.07, 6.45) is 5.23. The van der Waals surface area contributed by atoms with Crippen molar-refractivity contribution in [2.75, 3.05) is 6.54 Å². The lowest BCUT2D eigenvalue weighted by Crippen LogP contribution is -1.95. The summed E-state index contributed by atoms with van der Waals surface area (Å²) >= 11 is 0. The normalized spacial score (nSPS) is 9.72. The summed E-state index contributed by atoms with van der Waals surface area (Å²) in [4.78, 5) is 16.3. The van der Waals surface area contributed by atoms with E-state index in [1.165, 1.54) is 12.3 Å². The van der Waals surface area contributed by atoms with E-state index in [9.17, 15) is 10.1 Å². The Kier molecular flexibility index (Phi) is 4.84. The van der Waals surface area contributed by atoms with Crippen LogP contribution in [0.3, 0.4) is 0 Å². The van der Waals surface area contributed by atoms with Gasteiger partial charge in [-0.1, -0.05) is 17.3 Å². The first-order chi connectivity index (χ1) is 8.69. The fraction of sp³-hybridized carbons (Fsp3) is 0.200. The minimum absolute atomic E-state index is 0.216. The monoisotopic (exact) mass is 244 g/mol. The van der Waals surface area contributed by atoms with Gasteiger partial charge >= 0.3 is 5.69 Å². The van der Waals surface area contributed by atoms with Gasteiger partial charge in [0.25, 0.3) is 0 Å². The van der Waals surface area contributed by atoms with E-state index in [0.29, 0.717) is 18.5 Å². The molecule has 0 atom stereocenters. The number of hydrogen-bond donors (Lipinski definition) is 0. The topological polar surface area (TPSA) is 129 Å². The second-order valence-electron chi connectivity index (χ2n) is 3.15. The van der Waals surface area contributed by atoms with Crippen molar-refractivity contribution in [3.8, 4) is 6.07 Å². The maximum Gasteiger partial charge on any atom is 0.306 e. The third kappa shape index (κ3) is 3.59. The van der Waals surface area contributed by atoms with Crippen molar-refractivity contribution in [2.45, 2.75) is 6.42 Å². The van der Waals surface area contributed by atoms with Crippen LogP contribution in [0.4, 0.5) is 5.69 Å². The summed E-state index contributed by atoms with van der Waals surface area (Å²) in [7, 11) is 0. The summed E-state index contributed by atoms with van der Waals surface area (Å²) < 4.78 is 0. The average molecular weight is 244 g/mol. The van der Waals surface area contributed by atoms with Crippen molar-refractivity contribution < 1.29 is 4.92 Å². The highest BCUT2D eigenvalue weighted by Crippen LogP contribution is 2.17. The van der Waals surface area contributed by atoms with Gasteiger partial charge in [0.1, 0.15) is 6.07 Å². The molecule has 0 aliphatic rings. The molecule has 0 radical (unpaired) electrons. The summed E-state index contributed by atoms with van der Waals surface area (Å²) in [5, 5.41) is 22.7. The minimum atomic E-state index is -0.650. The molecule has 0 fully saturated rings. The van der Waals surface area contributed by atoms with E-state index in [1.807, 2.05) is 0 Å². The van der Waals surface area contributed by atoms with Gasteiger partial charge in [0.05, 0.1) is 4.92 Å². The molecule has 1 heterocycles. The molecule has 0 aliphatic carbocycles. The van der Waals surface area contributed by atoms with Gasteiger partial charge in [0.2, 0.25) is 5.69 Å². The first kappa shape index (κ1) is 13.2. The van der Waals surface area contributed by atoms with Gasteiger partial charge in [-0.25, -0.2) is 4.98 Å². The number of nitriles is 1. The Morgan fingerprint density at radius 2 is 2.50 bits per heavy atom. The Balaban J connectivity index is 2.86. The van der Waals surface area contributed by atoms with Crippen molar-refractivity contribution in [3.63, 3.8) is 0 Å². The van der Waals surface area contributed by atoms with Gasteiger partial charge in [0.15, 0.2) is 0 Å². The van der Waals surface area contributed by atoms with Crippen LogP contribution in [0, 0.1) is 21.4 Å². The van der Waals surface area contributed by atoms with Gasteiger partial charge in [0, 0.05) is 23.7 Å². The van der Waals surface area contributed by atoms with Crippen LogP contribution in [0.5, 0.6) is 0 Å². The number of azide groups is 1. The Hall–Kier alpha value is -2.91. The van der Waals surface area contributed by atoms with Crippen LogP contribution in [0.1, 0.15) is 17.7 Å². The minimum Gasteiger partial charge on any atom is -0.258 e. The van der Waals surface area contributed by atoms with E-state index in [0.717, 1.165) is 0 Å². The molecule has 1 aromatic rings. The molecule has 18 heavy (non-hydrogen) atoms. The highest BCUT2D eigenvalue weighted by molar-refractivity contribution is 5.55. The van der Waals surface area contributed by atoms with Gasteiger partial charge in [-0.05, 0) is 17.5 Å². The standard InChI is InChI=1S/C10H8N6O2/c11-6-9-10(16(17)18)5-8(7-13-9)3-1-2-4-14-15-12/h1,3,5,7H,2,4H2. The second-order valence-corrected chi connectivity index (χ2v) is 3.15. The molecule has 8 nitrogen and oxygen atoms in total. The van der Waals surface area contributed by atoms with Gasteiger partial charge in [-0.2, -0.15) is 5.26 Å². The largest absolute Gasteiger partial charge is 0.306 e. The summed E-state index contributed by atoms with van der Waals surface area (Å²) in [6.45, 7) is 0.318. The van der Waals surface area contributed by atoms with E-state index in [-0.39, 0.29) is 11.4 Å². The predicted molar refractivity (Wildman–Crippen MR) is 63.3 cm³/mol. The lowest BCUT2D eigenvalue weighted by atomic mass is 10.2. The van der Waals surface area contributed by atoms with Crippen LogP contribution >= 0.6 is 0 Å². The molecular formula is C10H8N6O2. The quantitative estimate of drug-likeness (QED) is 0.197. The zero-order valence-electron chi connectivity index (χ0n) is 9.22. The second kappa shape index (κ2) is 6.62. The number of nitro groups is 1. The molecule has 0 saturated carbocycles. The van der Waals surface area contributed by atoms with Crippen molar-refractivity contribution in [1.29, 1.82) is 5.26 Å². The van der Waals surface area contributed by atoms with Gasteiger partial charge in [-0.15, -0.1) is 0 Å². The molecule has 0 aliphatic heterocycles. The van der Waals surface area contributed by atoms with E-state index in [2.05, 4.69) is 15.0 Å². The van der Waals surface area contributed by atoms with E-state index >= 15 is 0 Å². The number of hydrogen-bond acceptors (Lipinski definition) is 5. The molecule has 90 valence electrons. The Morgan fingerprint density at radius 3 is 3.11 bits per heavy atom. The van der Waals surface area contributed by atoms with Crippen LogP contribution < -0.4 is 0 Å². The van der Waals surface area contributed by atoms with Gasteiger partial charge < -0.3 is 0 Å². The Labute approximate surface area is 102 Å². The van der Waals surface area contributed by atoms with E-state index in [4.69, 9.17) is 10.8 Å². The molecule has 1 aromatic heterocycles. The summed E-state index contributed by atoms with van der Waals surface area (Å²) in [6, 6.07) is 2.93. The van der Waals surface area contributed by atoms with Crippen molar-refractivity contribution >= 4 is 11.8 Å². The summed E-state index contributed by atoms with van der Waals surface area (Å²) in [5.41, 5.74) is 8.03.